The molecule has 8 heteroatoms. The lowest BCUT2D eigenvalue weighted by Gasteiger charge is -2.03. The van der Waals surface area contributed by atoms with E-state index >= 15 is 0 Å². The number of aromatic nitrogens is 6. The summed E-state index contributed by atoms with van der Waals surface area (Å²) >= 11 is 0. The largest absolute Gasteiger partial charge is 0.396 e. The maximum Gasteiger partial charge on any atom is 0.0663 e. The summed E-state index contributed by atoms with van der Waals surface area (Å²) in [6.07, 6.45) is 6.53. The number of hydrogen-bond donors (Lipinski definition) is 8. The highest BCUT2D eigenvalue weighted by atomic mass is 16.3. The SMILES string of the molecule is CCc1c(C)c2[nH]c1cc1[nH]c(c(CCCO)c1C)c1[nH]c(cc3[nH]c(c(C)c3CC)c3[nH]c(c(CC)c3C)c3[nH]c2c(C)c3CC)c(C)c1CCCO. The third kappa shape index (κ3) is 5.89. The standard InChI is InChI=1S/C46H60N6O2/c1-11-29-25(7)39-41-27(9)31(13-3)43(51-41)44-32(14-4)28(10)42(52-44)40-26(8)30(12-2)38(50-40)22-36-24(6)34(18-16-20-54)46(48-36)45-33(17-15-19-53)23(5)35(47-45)21-37(29)49-39/h21-22,47-54H,11-20H2,1-10H3. The second-order valence-electron chi connectivity index (χ2n) is 15.4. The first-order chi connectivity index (χ1) is 26.0. The van der Waals surface area contributed by atoms with Crippen molar-refractivity contribution in [1.82, 2.24) is 29.9 Å². The van der Waals surface area contributed by atoms with Gasteiger partial charge in [0.15, 0.2) is 0 Å². The van der Waals surface area contributed by atoms with E-state index in [4.69, 9.17) is 0 Å². The molecule has 0 aliphatic carbocycles. The van der Waals surface area contributed by atoms with Gasteiger partial charge in [-0.25, -0.2) is 0 Å². The van der Waals surface area contributed by atoms with Crippen molar-refractivity contribution in [2.75, 3.05) is 13.2 Å². The Morgan fingerprint density at radius 3 is 0.981 bits per heavy atom. The van der Waals surface area contributed by atoms with Crippen molar-refractivity contribution in [2.45, 2.75) is 121 Å². The first-order valence-corrected chi connectivity index (χ1v) is 20.2. The fraction of sp³-hybridized carbons (Fsp3) is 0.435. The Bertz CT molecular complexity index is 2510. The normalized spacial score (nSPS) is 12.1. The first kappa shape index (κ1) is 37.6. The van der Waals surface area contributed by atoms with Gasteiger partial charge in [0.05, 0.1) is 44.1 Å². The molecule has 0 amide bonds. The fourth-order valence-electron chi connectivity index (χ4n) is 9.50. The molecule has 0 spiro atoms. The van der Waals surface area contributed by atoms with Gasteiger partial charge in [0.1, 0.15) is 0 Å². The summed E-state index contributed by atoms with van der Waals surface area (Å²) in [4.78, 5) is 23.5. The predicted molar refractivity (Wildman–Crippen MR) is 230 cm³/mol. The van der Waals surface area contributed by atoms with Gasteiger partial charge in [-0.1, -0.05) is 27.7 Å². The van der Waals surface area contributed by atoms with E-state index < -0.39 is 0 Å². The van der Waals surface area contributed by atoms with Crippen LogP contribution < -0.4 is 0 Å². The zero-order valence-corrected chi connectivity index (χ0v) is 34.1. The van der Waals surface area contributed by atoms with E-state index in [1.165, 1.54) is 77.8 Å². The van der Waals surface area contributed by atoms with E-state index in [-0.39, 0.29) is 13.2 Å². The summed E-state index contributed by atoms with van der Waals surface area (Å²) < 4.78 is 0. The summed E-state index contributed by atoms with van der Waals surface area (Å²) in [7, 11) is 0. The highest BCUT2D eigenvalue weighted by molar-refractivity contribution is 5.99. The van der Waals surface area contributed by atoms with Crippen LogP contribution in [0.2, 0.25) is 0 Å². The molecule has 8 nitrogen and oxygen atoms in total. The lowest BCUT2D eigenvalue weighted by atomic mass is 10.0. The highest BCUT2D eigenvalue weighted by Gasteiger charge is 2.20. The smallest absolute Gasteiger partial charge is 0.0663 e. The molecule has 0 atom stereocenters. The molecule has 0 aliphatic heterocycles. The van der Waals surface area contributed by atoms with Gasteiger partial charge in [0, 0.05) is 35.3 Å². The Kier molecular flexibility index (Phi) is 10.4. The van der Waals surface area contributed by atoms with Crippen molar-refractivity contribution in [2.24, 2.45) is 0 Å². The Hall–Kier alpha value is -4.66. The number of aromatic amines is 6. The van der Waals surface area contributed by atoms with Crippen LogP contribution >= 0.6 is 0 Å². The van der Waals surface area contributed by atoms with Crippen molar-refractivity contribution < 1.29 is 10.2 Å². The van der Waals surface area contributed by atoms with Crippen LogP contribution in [0.3, 0.4) is 0 Å². The van der Waals surface area contributed by atoms with E-state index in [9.17, 15) is 10.2 Å². The van der Waals surface area contributed by atoms with Crippen LogP contribution in [-0.2, 0) is 38.5 Å². The zero-order valence-electron chi connectivity index (χ0n) is 34.1. The van der Waals surface area contributed by atoms with Crippen LogP contribution in [0.25, 0.3) is 66.2 Å². The summed E-state index contributed by atoms with van der Waals surface area (Å²) in [6, 6.07) is 4.58. The third-order valence-corrected chi connectivity index (χ3v) is 12.6. The number of aliphatic hydroxyl groups excluding tert-OH is 2. The zero-order chi connectivity index (χ0) is 38.6. The molecule has 7 aromatic rings. The van der Waals surface area contributed by atoms with E-state index in [1.807, 2.05) is 0 Å². The minimum Gasteiger partial charge on any atom is -0.396 e. The van der Waals surface area contributed by atoms with Gasteiger partial charge in [0.2, 0.25) is 0 Å². The van der Waals surface area contributed by atoms with Crippen LogP contribution in [0.4, 0.5) is 0 Å². The first-order valence-electron chi connectivity index (χ1n) is 20.2. The average Bonchev–Trinajstić information content (AvgIpc) is 3.97. The van der Waals surface area contributed by atoms with E-state index in [0.717, 1.165) is 93.7 Å². The molecule has 0 saturated carbocycles. The van der Waals surface area contributed by atoms with Crippen LogP contribution in [0.1, 0.15) is 107 Å². The Morgan fingerprint density at radius 2 is 0.648 bits per heavy atom. The third-order valence-electron chi connectivity index (χ3n) is 12.6. The summed E-state index contributed by atoms with van der Waals surface area (Å²) in [6.45, 7) is 22.7. The predicted octanol–water partition coefficient (Wildman–Crippen LogP) is 10.8. The lowest BCUT2D eigenvalue weighted by Crippen LogP contribution is -1.93. The Morgan fingerprint density at radius 1 is 0.352 bits per heavy atom. The minimum absolute atomic E-state index is 0.134. The Labute approximate surface area is 318 Å². The number of hydrogen-bond acceptors (Lipinski definition) is 2. The number of aryl methyl sites for hydroxylation is 12. The fourth-order valence-corrected chi connectivity index (χ4v) is 9.50. The van der Waals surface area contributed by atoms with Crippen LogP contribution in [-0.4, -0.2) is 53.3 Å². The molecule has 0 aromatic carbocycles. The highest BCUT2D eigenvalue weighted by Crippen LogP contribution is 2.36. The van der Waals surface area contributed by atoms with Gasteiger partial charge in [-0.3, -0.25) is 0 Å². The molecule has 8 N–H and O–H groups in total. The van der Waals surface area contributed by atoms with Crippen molar-refractivity contribution in [1.29, 1.82) is 0 Å². The van der Waals surface area contributed by atoms with Gasteiger partial charge in [-0.05, 0) is 172 Å². The molecule has 286 valence electrons. The molecule has 0 unspecified atom stereocenters. The average molecular weight is 729 g/mol. The number of aliphatic hydroxyl groups is 2. The maximum absolute atomic E-state index is 9.98. The van der Waals surface area contributed by atoms with E-state index in [0.29, 0.717) is 12.8 Å². The second-order valence-corrected chi connectivity index (χ2v) is 15.4. The quantitative estimate of drug-likeness (QED) is 0.0712. The molecule has 54 heavy (non-hydrogen) atoms. The minimum atomic E-state index is 0.134. The lowest BCUT2D eigenvalue weighted by molar-refractivity contribution is 0.288. The van der Waals surface area contributed by atoms with Gasteiger partial charge in [0.25, 0.3) is 0 Å². The van der Waals surface area contributed by atoms with Crippen molar-refractivity contribution in [3.63, 3.8) is 0 Å². The van der Waals surface area contributed by atoms with E-state index in [2.05, 4.69) is 111 Å². The van der Waals surface area contributed by atoms with Crippen molar-refractivity contribution in [3.05, 3.63) is 78.9 Å². The van der Waals surface area contributed by atoms with Crippen molar-refractivity contribution >= 4 is 66.2 Å². The second kappa shape index (κ2) is 14.9. The molecule has 0 saturated heterocycles. The Balaban J connectivity index is 1.77. The van der Waals surface area contributed by atoms with Gasteiger partial charge in [-0.2, -0.15) is 0 Å². The van der Waals surface area contributed by atoms with Crippen LogP contribution in [0.5, 0.6) is 0 Å². The number of H-pyrrole nitrogens is 6. The van der Waals surface area contributed by atoms with Gasteiger partial charge >= 0.3 is 0 Å². The molecule has 0 fully saturated rings. The number of rotatable bonds is 10. The molecule has 7 aromatic heterocycles. The molecule has 0 radical (unpaired) electrons. The molecular weight excluding hydrogens is 669 g/mol. The molecule has 12 bridgehead atoms. The summed E-state index contributed by atoms with van der Waals surface area (Å²) in [5, 5.41) is 20.0. The summed E-state index contributed by atoms with van der Waals surface area (Å²) in [5.41, 5.74) is 28.7. The monoisotopic (exact) mass is 728 g/mol. The number of fused-ring (bicyclic) bond motifs is 16. The number of nitrogens with one attached hydrogen (secondary N) is 6. The van der Waals surface area contributed by atoms with Crippen LogP contribution in [0, 0.1) is 41.5 Å². The molecule has 7 heterocycles. The molecule has 7 rings (SSSR count). The van der Waals surface area contributed by atoms with Gasteiger partial charge < -0.3 is 40.1 Å². The maximum atomic E-state index is 9.98. The molecule has 0 aliphatic rings. The van der Waals surface area contributed by atoms with Crippen LogP contribution in [0.15, 0.2) is 12.1 Å². The van der Waals surface area contributed by atoms with E-state index in [1.54, 1.807) is 0 Å². The topological polar surface area (TPSA) is 135 Å². The molecular formula is C46H60N6O2. The summed E-state index contributed by atoms with van der Waals surface area (Å²) in [5.74, 6) is 0. The van der Waals surface area contributed by atoms with Gasteiger partial charge in [-0.15, -0.1) is 0 Å². The van der Waals surface area contributed by atoms with Crippen molar-refractivity contribution in [3.8, 4) is 0 Å².